The summed E-state index contributed by atoms with van der Waals surface area (Å²) in [4.78, 5) is 54.8. The van der Waals surface area contributed by atoms with Crippen molar-refractivity contribution in [2.24, 2.45) is 0 Å². The summed E-state index contributed by atoms with van der Waals surface area (Å²) in [6.45, 7) is 3.25. The Morgan fingerprint density at radius 2 is 1.79 bits per heavy atom. The number of urea groups is 1. The molecule has 2 aliphatic rings. The van der Waals surface area contributed by atoms with E-state index < -0.39 is 16.0 Å². The Kier molecular flexibility index (Phi) is 4.59. The number of rotatable bonds is 4. The van der Waals surface area contributed by atoms with Crippen LogP contribution in [0.1, 0.15) is 18.4 Å². The largest absolute Gasteiger partial charge is 0.336 e. The number of benzene rings is 1. The summed E-state index contributed by atoms with van der Waals surface area (Å²) in [5.74, 6) is 0. The van der Waals surface area contributed by atoms with E-state index in [0.717, 1.165) is 25.9 Å². The second-order valence-electron chi connectivity index (χ2n) is 7.13. The van der Waals surface area contributed by atoms with Gasteiger partial charge in [0.25, 0.3) is 5.69 Å². The zero-order valence-electron chi connectivity index (χ0n) is 15.1. The van der Waals surface area contributed by atoms with Gasteiger partial charge < -0.3 is 20.2 Å². The summed E-state index contributed by atoms with van der Waals surface area (Å²) < 4.78 is 0. The molecule has 0 atom stereocenters. The van der Waals surface area contributed by atoms with Gasteiger partial charge in [-0.15, -0.1) is 0 Å². The third kappa shape index (κ3) is 3.36. The van der Waals surface area contributed by atoms with Gasteiger partial charge in [-0.05, 0) is 18.4 Å². The lowest BCUT2D eigenvalue weighted by Gasteiger charge is -2.36. The molecule has 11 nitrogen and oxygen atoms in total. The Balaban J connectivity index is 1.57. The number of nitrogens with one attached hydrogen (secondary N) is 3. The Morgan fingerprint density at radius 1 is 1.07 bits per heavy atom. The highest BCUT2D eigenvalue weighted by Crippen LogP contribution is 2.25. The van der Waals surface area contributed by atoms with Crippen LogP contribution in [0.3, 0.4) is 0 Å². The number of aromatic amines is 2. The van der Waals surface area contributed by atoms with Crippen LogP contribution in [0.25, 0.3) is 11.0 Å². The van der Waals surface area contributed by atoms with Gasteiger partial charge in [0.15, 0.2) is 0 Å². The maximum atomic E-state index is 11.8. The van der Waals surface area contributed by atoms with E-state index in [0.29, 0.717) is 30.7 Å². The highest BCUT2D eigenvalue weighted by atomic mass is 16.6. The second kappa shape index (κ2) is 7.08. The SMILES string of the molecule is O=C1NCCN1C1CCN(Cc2cc([N+](=O)[O-])cc3[nH]c(=O)c(=O)[nH]c23)CC1. The van der Waals surface area contributed by atoms with Crippen LogP contribution in [-0.2, 0) is 6.54 Å². The fraction of sp³-hybridized carbons (Fsp3) is 0.471. The standard InChI is InChI=1S/C17H20N6O5/c24-15-16(25)20-14-10(7-12(23(27)28)8-13(14)19-15)9-21-4-1-11(2-5-21)22-6-3-18-17(22)26/h7-8,11H,1-6,9H2,(H,18,26)(H,19,24)(H,20,25). The average Bonchev–Trinajstić information content (AvgIpc) is 3.09. The quantitative estimate of drug-likeness (QED) is 0.385. The number of amides is 2. The van der Waals surface area contributed by atoms with Gasteiger partial charge in [0.2, 0.25) is 0 Å². The lowest BCUT2D eigenvalue weighted by atomic mass is 10.0. The zero-order chi connectivity index (χ0) is 19.8. The van der Waals surface area contributed by atoms with E-state index in [-0.39, 0.29) is 23.3 Å². The molecule has 2 amide bonds. The predicted molar refractivity (Wildman–Crippen MR) is 100 cm³/mol. The minimum Gasteiger partial charge on any atom is -0.336 e. The van der Waals surface area contributed by atoms with Crippen molar-refractivity contribution in [3.05, 3.63) is 48.5 Å². The number of nitro groups is 1. The summed E-state index contributed by atoms with van der Waals surface area (Å²) in [6.07, 6.45) is 1.63. The van der Waals surface area contributed by atoms with Crippen LogP contribution in [0, 0.1) is 10.1 Å². The molecular weight excluding hydrogens is 368 g/mol. The van der Waals surface area contributed by atoms with Crippen LogP contribution in [0.2, 0.25) is 0 Å². The van der Waals surface area contributed by atoms with Crippen LogP contribution >= 0.6 is 0 Å². The first-order valence-electron chi connectivity index (χ1n) is 9.13. The molecular formula is C17H20N6O5. The number of carbonyl (C=O) groups excluding carboxylic acids is 1. The first-order chi connectivity index (χ1) is 13.4. The molecule has 0 radical (unpaired) electrons. The summed E-state index contributed by atoms with van der Waals surface area (Å²) in [5.41, 5.74) is -0.567. The van der Waals surface area contributed by atoms with Crippen molar-refractivity contribution >= 4 is 22.8 Å². The van der Waals surface area contributed by atoms with Crippen molar-refractivity contribution in [2.45, 2.75) is 25.4 Å². The molecule has 3 heterocycles. The van der Waals surface area contributed by atoms with Crippen LogP contribution in [0.4, 0.5) is 10.5 Å². The van der Waals surface area contributed by atoms with Gasteiger partial charge in [0, 0.05) is 50.9 Å². The zero-order valence-corrected chi connectivity index (χ0v) is 15.1. The highest BCUT2D eigenvalue weighted by molar-refractivity contribution is 5.80. The minimum atomic E-state index is -0.844. The fourth-order valence-corrected chi connectivity index (χ4v) is 3.98. The van der Waals surface area contributed by atoms with Crippen molar-refractivity contribution in [3.8, 4) is 0 Å². The van der Waals surface area contributed by atoms with Gasteiger partial charge in [-0.25, -0.2) is 4.79 Å². The molecule has 0 bridgehead atoms. The van der Waals surface area contributed by atoms with E-state index in [4.69, 9.17) is 0 Å². The molecule has 2 saturated heterocycles. The third-order valence-electron chi connectivity index (χ3n) is 5.39. The number of hydrogen-bond donors (Lipinski definition) is 3. The predicted octanol–water partition coefficient (Wildman–Crippen LogP) is 0.114. The number of nitro benzene ring substituents is 1. The van der Waals surface area contributed by atoms with Crippen molar-refractivity contribution in [1.29, 1.82) is 0 Å². The van der Waals surface area contributed by atoms with Gasteiger partial charge in [0.1, 0.15) is 0 Å². The van der Waals surface area contributed by atoms with Crippen molar-refractivity contribution in [2.75, 3.05) is 26.2 Å². The van der Waals surface area contributed by atoms with Crippen molar-refractivity contribution < 1.29 is 9.72 Å². The van der Waals surface area contributed by atoms with Gasteiger partial charge in [0.05, 0.1) is 16.0 Å². The summed E-state index contributed by atoms with van der Waals surface area (Å²) >= 11 is 0. The number of H-pyrrole nitrogens is 2. The van der Waals surface area contributed by atoms with E-state index in [9.17, 15) is 24.5 Å². The number of piperidine rings is 1. The Morgan fingerprint density at radius 3 is 2.43 bits per heavy atom. The van der Waals surface area contributed by atoms with Gasteiger partial charge in [-0.2, -0.15) is 0 Å². The van der Waals surface area contributed by atoms with Crippen LogP contribution in [0.5, 0.6) is 0 Å². The van der Waals surface area contributed by atoms with E-state index in [1.807, 2.05) is 4.90 Å². The van der Waals surface area contributed by atoms with Crippen LogP contribution < -0.4 is 16.4 Å². The Bertz CT molecular complexity index is 1050. The fourth-order valence-electron chi connectivity index (χ4n) is 3.98. The van der Waals surface area contributed by atoms with E-state index in [1.165, 1.54) is 12.1 Å². The first-order valence-corrected chi connectivity index (χ1v) is 9.13. The topological polar surface area (TPSA) is 144 Å². The maximum Gasteiger partial charge on any atom is 0.317 e. The third-order valence-corrected chi connectivity index (χ3v) is 5.39. The number of aromatic nitrogens is 2. The number of non-ortho nitro benzene ring substituents is 1. The second-order valence-corrected chi connectivity index (χ2v) is 7.13. The average molecular weight is 388 g/mol. The summed E-state index contributed by atoms with van der Waals surface area (Å²) in [7, 11) is 0. The molecule has 2 fully saturated rings. The molecule has 0 unspecified atom stereocenters. The van der Waals surface area contributed by atoms with Crippen molar-refractivity contribution in [3.63, 3.8) is 0 Å². The number of carbonyl (C=O) groups is 1. The minimum absolute atomic E-state index is 0.0235. The lowest BCUT2D eigenvalue weighted by molar-refractivity contribution is -0.384. The smallest absolute Gasteiger partial charge is 0.317 e. The van der Waals surface area contributed by atoms with Gasteiger partial charge >= 0.3 is 17.1 Å². The van der Waals surface area contributed by atoms with Gasteiger partial charge in [-0.3, -0.25) is 24.6 Å². The Labute approximate surface area is 158 Å². The molecule has 1 aromatic heterocycles. The van der Waals surface area contributed by atoms with E-state index >= 15 is 0 Å². The molecule has 11 heteroatoms. The molecule has 148 valence electrons. The number of hydrogen-bond acceptors (Lipinski definition) is 6. The van der Waals surface area contributed by atoms with Crippen LogP contribution in [-0.4, -0.2) is 62.9 Å². The van der Waals surface area contributed by atoms with E-state index in [1.54, 1.807) is 0 Å². The monoisotopic (exact) mass is 388 g/mol. The molecule has 0 spiro atoms. The van der Waals surface area contributed by atoms with E-state index in [2.05, 4.69) is 20.2 Å². The number of nitrogens with zero attached hydrogens (tertiary/aromatic N) is 3. The maximum absolute atomic E-state index is 11.8. The molecule has 1 aromatic carbocycles. The van der Waals surface area contributed by atoms with Crippen LogP contribution in [0.15, 0.2) is 21.7 Å². The molecule has 0 aliphatic carbocycles. The van der Waals surface area contributed by atoms with Crippen molar-refractivity contribution in [1.82, 2.24) is 25.1 Å². The highest BCUT2D eigenvalue weighted by Gasteiger charge is 2.30. The first kappa shape index (κ1) is 18.2. The molecule has 28 heavy (non-hydrogen) atoms. The number of likely N-dealkylation sites (tertiary alicyclic amines) is 1. The number of fused-ring (bicyclic) bond motifs is 1. The summed E-state index contributed by atoms with van der Waals surface area (Å²) in [6, 6.07) is 2.84. The molecule has 3 N–H and O–H groups in total. The lowest BCUT2D eigenvalue weighted by Crippen LogP contribution is -2.45. The molecule has 0 saturated carbocycles. The summed E-state index contributed by atoms with van der Waals surface area (Å²) in [5, 5.41) is 14.1. The molecule has 4 rings (SSSR count). The molecule has 2 aliphatic heterocycles. The molecule has 2 aromatic rings. The Hall–Kier alpha value is -3.21. The van der Waals surface area contributed by atoms with Gasteiger partial charge in [-0.1, -0.05) is 0 Å². The normalized spacial score (nSPS) is 18.6.